The van der Waals surface area contributed by atoms with E-state index in [-0.39, 0.29) is 17.0 Å². The minimum absolute atomic E-state index is 0.0742. The molecule has 2 aromatic carbocycles. The lowest BCUT2D eigenvalue weighted by Gasteiger charge is -2.10. The van der Waals surface area contributed by atoms with Crippen LogP contribution < -0.4 is 10.0 Å². The van der Waals surface area contributed by atoms with Crippen LogP contribution in [-0.2, 0) is 10.0 Å². The number of carbonyl (C=O) groups excluding carboxylic acids is 2. The van der Waals surface area contributed by atoms with Crippen molar-refractivity contribution in [1.29, 1.82) is 0 Å². The van der Waals surface area contributed by atoms with Crippen molar-refractivity contribution in [2.24, 2.45) is 0 Å². The van der Waals surface area contributed by atoms with Gasteiger partial charge in [-0.2, -0.15) is 0 Å². The molecular formula is C19H18N2O4S. The van der Waals surface area contributed by atoms with Crippen LogP contribution in [0.4, 0.5) is 0 Å². The minimum atomic E-state index is -4.06. The number of aryl methyl sites for hydroxylation is 1. The number of amides is 2. The predicted molar refractivity (Wildman–Crippen MR) is 98.2 cm³/mol. The van der Waals surface area contributed by atoms with Crippen molar-refractivity contribution in [3.05, 3.63) is 64.7 Å². The molecule has 2 amide bonds. The van der Waals surface area contributed by atoms with E-state index in [0.717, 1.165) is 5.56 Å². The lowest BCUT2D eigenvalue weighted by atomic mass is 10.0. The molecule has 0 heterocycles. The maximum atomic E-state index is 12.4. The van der Waals surface area contributed by atoms with Gasteiger partial charge in [0.15, 0.2) is 0 Å². The molecule has 0 aliphatic rings. The Labute approximate surface area is 152 Å². The summed E-state index contributed by atoms with van der Waals surface area (Å²) in [7, 11) is -4.06. The third-order valence-electron chi connectivity index (χ3n) is 3.85. The van der Waals surface area contributed by atoms with Crippen molar-refractivity contribution in [3.8, 4) is 12.3 Å². The summed E-state index contributed by atoms with van der Waals surface area (Å²) in [6, 6.07) is 10.3. The highest BCUT2D eigenvalue weighted by Gasteiger charge is 2.20. The number of hydrogen-bond donors (Lipinski definition) is 2. The number of rotatable bonds is 5. The van der Waals surface area contributed by atoms with Crippen molar-refractivity contribution in [2.45, 2.75) is 18.7 Å². The topological polar surface area (TPSA) is 92.3 Å². The second-order valence-corrected chi connectivity index (χ2v) is 7.28. The zero-order valence-electron chi connectivity index (χ0n) is 14.4. The fourth-order valence-electron chi connectivity index (χ4n) is 2.25. The number of hydrogen-bond acceptors (Lipinski definition) is 4. The SMILES string of the molecule is C#CCNC(=O)c1ccc(S(=O)(=O)NC(=O)c2cccc(C)c2C)cc1. The van der Waals surface area contributed by atoms with Crippen LogP contribution in [-0.4, -0.2) is 26.8 Å². The molecule has 0 radical (unpaired) electrons. The first kappa shape index (κ1) is 19.2. The lowest BCUT2D eigenvalue weighted by molar-refractivity contribution is 0.0955. The van der Waals surface area contributed by atoms with Crippen molar-refractivity contribution in [2.75, 3.05) is 6.54 Å². The fourth-order valence-corrected chi connectivity index (χ4v) is 3.22. The molecule has 0 bridgehead atoms. The molecule has 0 fully saturated rings. The molecule has 0 aliphatic heterocycles. The highest BCUT2D eigenvalue weighted by atomic mass is 32.2. The molecule has 0 atom stereocenters. The van der Waals surface area contributed by atoms with E-state index in [9.17, 15) is 18.0 Å². The van der Waals surface area contributed by atoms with Crippen molar-refractivity contribution < 1.29 is 18.0 Å². The van der Waals surface area contributed by atoms with Crippen molar-refractivity contribution in [3.63, 3.8) is 0 Å². The summed E-state index contributed by atoms with van der Waals surface area (Å²) in [5.74, 6) is 1.16. The quantitative estimate of drug-likeness (QED) is 0.785. The van der Waals surface area contributed by atoms with Gasteiger partial charge >= 0.3 is 0 Å². The molecule has 0 aliphatic carbocycles. The largest absolute Gasteiger partial charge is 0.341 e. The number of benzene rings is 2. The zero-order chi connectivity index (χ0) is 19.3. The Morgan fingerprint density at radius 2 is 1.69 bits per heavy atom. The molecule has 0 spiro atoms. The van der Waals surface area contributed by atoms with E-state index in [1.165, 1.54) is 24.3 Å². The lowest BCUT2D eigenvalue weighted by Crippen LogP contribution is -2.31. The van der Waals surface area contributed by atoms with Gasteiger partial charge in [-0.3, -0.25) is 9.59 Å². The molecule has 0 unspecified atom stereocenters. The van der Waals surface area contributed by atoms with Gasteiger partial charge in [0, 0.05) is 11.1 Å². The van der Waals surface area contributed by atoms with Gasteiger partial charge in [-0.1, -0.05) is 18.1 Å². The van der Waals surface area contributed by atoms with Gasteiger partial charge in [0.1, 0.15) is 0 Å². The Kier molecular flexibility index (Phi) is 5.80. The number of terminal acetylenes is 1. The number of sulfonamides is 1. The number of nitrogens with one attached hydrogen (secondary N) is 2. The molecule has 7 heteroatoms. The van der Waals surface area contributed by atoms with E-state index in [0.29, 0.717) is 11.1 Å². The van der Waals surface area contributed by atoms with E-state index < -0.39 is 21.8 Å². The first-order valence-corrected chi connectivity index (χ1v) is 9.19. The summed E-state index contributed by atoms with van der Waals surface area (Å²) >= 11 is 0. The Morgan fingerprint density at radius 1 is 1.04 bits per heavy atom. The second kappa shape index (κ2) is 7.85. The molecule has 2 N–H and O–H groups in total. The molecule has 0 saturated heterocycles. The smallest absolute Gasteiger partial charge is 0.265 e. The van der Waals surface area contributed by atoms with Crippen LogP contribution in [0.3, 0.4) is 0 Å². The van der Waals surface area contributed by atoms with E-state index in [4.69, 9.17) is 6.42 Å². The van der Waals surface area contributed by atoms with Gasteiger partial charge in [0.05, 0.1) is 11.4 Å². The van der Waals surface area contributed by atoms with Gasteiger partial charge < -0.3 is 5.32 Å². The van der Waals surface area contributed by atoms with Crippen LogP contribution >= 0.6 is 0 Å². The van der Waals surface area contributed by atoms with E-state index in [1.807, 2.05) is 17.7 Å². The summed E-state index contributed by atoms with van der Waals surface area (Å²) < 4.78 is 26.9. The third kappa shape index (κ3) is 4.29. The van der Waals surface area contributed by atoms with Gasteiger partial charge in [-0.15, -0.1) is 6.42 Å². The Morgan fingerprint density at radius 3 is 2.31 bits per heavy atom. The highest BCUT2D eigenvalue weighted by Crippen LogP contribution is 2.15. The maximum absolute atomic E-state index is 12.4. The van der Waals surface area contributed by atoms with Gasteiger partial charge in [0.25, 0.3) is 21.8 Å². The Balaban J connectivity index is 2.20. The van der Waals surface area contributed by atoms with Gasteiger partial charge in [-0.25, -0.2) is 13.1 Å². The van der Waals surface area contributed by atoms with Crippen molar-refractivity contribution >= 4 is 21.8 Å². The molecule has 0 aromatic heterocycles. The molecular weight excluding hydrogens is 352 g/mol. The summed E-state index contributed by atoms with van der Waals surface area (Å²) in [5.41, 5.74) is 2.15. The molecule has 2 rings (SSSR count). The highest BCUT2D eigenvalue weighted by molar-refractivity contribution is 7.90. The summed E-state index contributed by atoms with van der Waals surface area (Å²) in [5, 5.41) is 2.48. The summed E-state index contributed by atoms with van der Waals surface area (Å²) in [6.07, 6.45) is 5.07. The standard InChI is InChI=1S/C19H18N2O4S/c1-4-12-20-18(22)15-8-10-16(11-9-15)26(24,25)21-19(23)17-7-5-6-13(2)14(17)3/h1,5-11H,12H2,2-3H3,(H,20,22)(H,21,23). The van der Waals surface area contributed by atoms with Crippen LogP contribution in [0, 0.1) is 26.2 Å². The van der Waals surface area contributed by atoms with Crippen LogP contribution in [0.15, 0.2) is 47.4 Å². The fraction of sp³-hybridized carbons (Fsp3) is 0.158. The predicted octanol–water partition coefficient (Wildman–Crippen LogP) is 1.79. The Hall–Kier alpha value is -3.11. The van der Waals surface area contributed by atoms with Gasteiger partial charge in [0.2, 0.25) is 0 Å². The van der Waals surface area contributed by atoms with Crippen LogP contribution in [0.5, 0.6) is 0 Å². The summed E-state index contributed by atoms with van der Waals surface area (Å²) in [4.78, 5) is 24.0. The monoisotopic (exact) mass is 370 g/mol. The van der Waals surface area contributed by atoms with E-state index >= 15 is 0 Å². The van der Waals surface area contributed by atoms with Crippen molar-refractivity contribution in [1.82, 2.24) is 10.0 Å². The molecule has 0 saturated carbocycles. The van der Waals surface area contributed by atoms with Crippen LogP contribution in [0.25, 0.3) is 0 Å². The molecule has 26 heavy (non-hydrogen) atoms. The third-order valence-corrected chi connectivity index (χ3v) is 5.20. The molecule has 2 aromatic rings. The first-order valence-electron chi connectivity index (χ1n) is 7.71. The number of carbonyl (C=O) groups is 2. The second-order valence-electron chi connectivity index (χ2n) is 5.59. The molecule has 134 valence electrons. The van der Waals surface area contributed by atoms with E-state index in [2.05, 4.69) is 11.2 Å². The summed E-state index contributed by atoms with van der Waals surface area (Å²) in [6.45, 7) is 3.66. The van der Waals surface area contributed by atoms with Crippen LogP contribution in [0.2, 0.25) is 0 Å². The average Bonchev–Trinajstić information content (AvgIpc) is 2.61. The minimum Gasteiger partial charge on any atom is -0.341 e. The zero-order valence-corrected chi connectivity index (χ0v) is 15.2. The van der Waals surface area contributed by atoms with Crippen LogP contribution in [0.1, 0.15) is 31.8 Å². The normalized spacial score (nSPS) is 10.7. The average molecular weight is 370 g/mol. The van der Waals surface area contributed by atoms with E-state index in [1.54, 1.807) is 19.1 Å². The molecule has 6 nitrogen and oxygen atoms in total. The maximum Gasteiger partial charge on any atom is 0.265 e. The van der Waals surface area contributed by atoms with Gasteiger partial charge in [-0.05, 0) is 55.3 Å². The Bertz CT molecular complexity index is 987. The first-order chi connectivity index (χ1) is 12.3.